The summed E-state index contributed by atoms with van der Waals surface area (Å²) in [5.74, 6) is 0.148. The number of benzene rings is 1. The van der Waals surface area contributed by atoms with Crippen molar-refractivity contribution in [2.45, 2.75) is 23.0 Å². The molecule has 0 aliphatic carbocycles. The first-order chi connectivity index (χ1) is 7.77. The van der Waals surface area contributed by atoms with Crippen LogP contribution in [0.1, 0.15) is 18.4 Å². The minimum Gasteiger partial charge on any atom is -0.384 e. The SMILES string of the molecule is N=C(N)c1ccccc1SC1CCOCC1. The van der Waals surface area contributed by atoms with Crippen LogP contribution in [0.2, 0.25) is 0 Å². The Morgan fingerprint density at radius 2 is 2.00 bits per heavy atom. The highest BCUT2D eigenvalue weighted by molar-refractivity contribution is 8.00. The van der Waals surface area contributed by atoms with Crippen LogP contribution in [0.4, 0.5) is 0 Å². The number of ether oxygens (including phenoxy) is 1. The second-order valence-electron chi connectivity index (χ2n) is 3.84. The first-order valence-corrected chi connectivity index (χ1v) is 6.33. The molecular formula is C12H16N2OS. The zero-order valence-electron chi connectivity index (χ0n) is 9.11. The van der Waals surface area contributed by atoms with E-state index in [4.69, 9.17) is 15.9 Å². The van der Waals surface area contributed by atoms with Crippen LogP contribution < -0.4 is 5.73 Å². The number of nitrogen functional groups attached to an aromatic ring is 1. The number of nitrogens with one attached hydrogen (secondary N) is 1. The van der Waals surface area contributed by atoms with Crippen LogP contribution in [0.5, 0.6) is 0 Å². The van der Waals surface area contributed by atoms with E-state index in [1.807, 2.05) is 36.0 Å². The number of hydrogen-bond acceptors (Lipinski definition) is 3. The molecule has 3 nitrogen and oxygen atoms in total. The summed E-state index contributed by atoms with van der Waals surface area (Å²) in [5, 5.41) is 8.13. The van der Waals surface area contributed by atoms with E-state index in [9.17, 15) is 0 Å². The highest BCUT2D eigenvalue weighted by atomic mass is 32.2. The van der Waals surface area contributed by atoms with Crippen molar-refractivity contribution in [1.82, 2.24) is 0 Å². The molecule has 1 aromatic carbocycles. The van der Waals surface area contributed by atoms with Crippen molar-refractivity contribution in [2.75, 3.05) is 13.2 Å². The monoisotopic (exact) mass is 236 g/mol. The molecule has 0 radical (unpaired) electrons. The summed E-state index contributed by atoms with van der Waals surface area (Å²) in [4.78, 5) is 1.11. The van der Waals surface area contributed by atoms with E-state index in [0.717, 1.165) is 36.5 Å². The Kier molecular flexibility index (Phi) is 3.85. The summed E-state index contributed by atoms with van der Waals surface area (Å²) in [6.45, 7) is 1.69. The molecule has 0 saturated carbocycles. The smallest absolute Gasteiger partial charge is 0.123 e. The van der Waals surface area contributed by atoms with Gasteiger partial charge in [-0.05, 0) is 18.9 Å². The van der Waals surface area contributed by atoms with Crippen LogP contribution >= 0.6 is 11.8 Å². The van der Waals surface area contributed by atoms with Crippen LogP contribution in [0.15, 0.2) is 29.2 Å². The maximum absolute atomic E-state index is 7.53. The van der Waals surface area contributed by atoms with Gasteiger partial charge < -0.3 is 10.5 Å². The minimum atomic E-state index is 0.148. The van der Waals surface area contributed by atoms with Crippen LogP contribution in [0, 0.1) is 5.41 Å². The van der Waals surface area contributed by atoms with Crippen LogP contribution in [-0.2, 0) is 4.74 Å². The normalized spacial score (nSPS) is 17.2. The largest absolute Gasteiger partial charge is 0.384 e. The van der Waals surface area contributed by atoms with Gasteiger partial charge in [-0.1, -0.05) is 18.2 Å². The third-order valence-electron chi connectivity index (χ3n) is 2.64. The fraction of sp³-hybridized carbons (Fsp3) is 0.417. The number of rotatable bonds is 3. The van der Waals surface area contributed by atoms with Crippen molar-refractivity contribution < 1.29 is 4.74 Å². The summed E-state index contributed by atoms with van der Waals surface area (Å²) >= 11 is 1.82. The zero-order valence-corrected chi connectivity index (χ0v) is 9.93. The van der Waals surface area contributed by atoms with Gasteiger partial charge >= 0.3 is 0 Å². The molecule has 0 atom stereocenters. The lowest BCUT2D eigenvalue weighted by Gasteiger charge is -2.22. The second-order valence-corrected chi connectivity index (χ2v) is 5.18. The lowest BCUT2D eigenvalue weighted by Crippen LogP contribution is -2.18. The first-order valence-electron chi connectivity index (χ1n) is 5.45. The molecule has 16 heavy (non-hydrogen) atoms. The molecule has 1 heterocycles. The predicted octanol–water partition coefficient (Wildman–Crippen LogP) is 2.24. The molecule has 3 N–H and O–H groups in total. The van der Waals surface area contributed by atoms with Crippen molar-refractivity contribution in [1.29, 1.82) is 5.41 Å². The molecule has 1 aliphatic rings. The Hall–Kier alpha value is -1.00. The Labute approximate surface area is 99.9 Å². The lowest BCUT2D eigenvalue weighted by atomic mass is 10.2. The summed E-state index contributed by atoms with van der Waals surface area (Å²) in [6.07, 6.45) is 2.16. The van der Waals surface area contributed by atoms with Crippen LogP contribution in [0.25, 0.3) is 0 Å². The van der Waals surface area contributed by atoms with E-state index in [0.29, 0.717) is 5.25 Å². The van der Waals surface area contributed by atoms with E-state index in [1.54, 1.807) is 0 Å². The van der Waals surface area contributed by atoms with E-state index in [2.05, 4.69) is 0 Å². The molecule has 4 heteroatoms. The highest BCUT2D eigenvalue weighted by Gasteiger charge is 2.16. The Morgan fingerprint density at radius 3 is 2.69 bits per heavy atom. The number of hydrogen-bond donors (Lipinski definition) is 2. The molecule has 0 unspecified atom stereocenters. The molecule has 0 aromatic heterocycles. The summed E-state index contributed by atoms with van der Waals surface area (Å²) in [5.41, 5.74) is 6.41. The maximum atomic E-state index is 7.53. The molecule has 2 rings (SSSR count). The average molecular weight is 236 g/mol. The fourth-order valence-electron chi connectivity index (χ4n) is 1.77. The topological polar surface area (TPSA) is 59.1 Å². The van der Waals surface area contributed by atoms with Gasteiger partial charge in [-0.15, -0.1) is 11.8 Å². The molecular weight excluding hydrogens is 220 g/mol. The summed E-state index contributed by atoms with van der Waals surface area (Å²) < 4.78 is 5.33. The minimum absolute atomic E-state index is 0.148. The maximum Gasteiger partial charge on any atom is 0.123 e. The average Bonchev–Trinajstić information content (AvgIpc) is 2.31. The van der Waals surface area contributed by atoms with Gasteiger partial charge in [-0.25, -0.2) is 0 Å². The van der Waals surface area contributed by atoms with Crippen LogP contribution in [-0.4, -0.2) is 24.3 Å². The van der Waals surface area contributed by atoms with Gasteiger partial charge in [0.1, 0.15) is 5.84 Å². The quantitative estimate of drug-likeness (QED) is 0.625. The van der Waals surface area contributed by atoms with E-state index < -0.39 is 0 Å². The molecule has 1 fully saturated rings. The van der Waals surface area contributed by atoms with Crippen molar-refractivity contribution in [3.05, 3.63) is 29.8 Å². The van der Waals surface area contributed by atoms with Gasteiger partial charge in [0.15, 0.2) is 0 Å². The third kappa shape index (κ3) is 2.77. The molecule has 1 aromatic rings. The standard InChI is InChI=1S/C12H16N2OS/c13-12(14)10-3-1-2-4-11(10)16-9-5-7-15-8-6-9/h1-4,9H,5-8H2,(H3,13,14). The second kappa shape index (κ2) is 5.37. The Morgan fingerprint density at radius 1 is 1.31 bits per heavy atom. The summed E-state index contributed by atoms with van der Waals surface area (Å²) in [6, 6.07) is 7.86. The molecule has 0 spiro atoms. The third-order valence-corrected chi connectivity index (χ3v) is 4.05. The van der Waals surface area contributed by atoms with Crippen LogP contribution in [0.3, 0.4) is 0 Å². The zero-order chi connectivity index (χ0) is 11.4. The van der Waals surface area contributed by atoms with Gasteiger partial charge in [0, 0.05) is 28.9 Å². The molecule has 0 amide bonds. The molecule has 86 valence electrons. The van der Waals surface area contributed by atoms with Gasteiger partial charge in [0.2, 0.25) is 0 Å². The molecule has 1 aliphatic heterocycles. The van der Waals surface area contributed by atoms with E-state index in [1.165, 1.54) is 0 Å². The number of amidine groups is 1. The van der Waals surface area contributed by atoms with Gasteiger partial charge in [-0.2, -0.15) is 0 Å². The van der Waals surface area contributed by atoms with Gasteiger partial charge in [-0.3, -0.25) is 5.41 Å². The predicted molar refractivity (Wildman–Crippen MR) is 67.2 cm³/mol. The fourth-order valence-corrected chi connectivity index (χ4v) is 3.01. The Bertz CT molecular complexity index is 375. The highest BCUT2D eigenvalue weighted by Crippen LogP contribution is 2.31. The Balaban J connectivity index is 2.10. The lowest BCUT2D eigenvalue weighted by molar-refractivity contribution is 0.100. The number of thioether (sulfide) groups is 1. The first kappa shape index (κ1) is 11.5. The van der Waals surface area contributed by atoms with Crippen molar-refractivity contribution >= 4 is 17.6 Å². The van der Waals surface area contributed by atoms with E-state index >= 15 is 0 Å². The van der Waals surface area contributed by atoms with Crippen molar-refractivity contribution in [2.24, 2.45) is 5.73 Å². The summed E-state index contributed by atoms with van der Waals surface area (Å²) in [7, 11) is 0. The molecule has 0 bridgehead atoms. The van der Waals surface area contributed by atoms with Crippen molar-refractivity contribution in [3.63, 3.8) is 0 Å². The van der Waals surface area contributed by atoms with Gasteiger partial charge in [0.25, 0.3) is 0 Å². The number of nitrogens with two attached hydrogens (primary N) is 1. The van der Waals surface area contributed by atoms with Crippen molar-refractivity contribution in [3.8, 4) is 0 Å². The van der Waals surface area contributed by atoms with E-state index in [-0.39, 0.29) is 5.84 Å². The van der Waals surface area contributed by atoms with Gasteiger partial charge in [0.05, 0.1) is 0 Å². The molecule has 1 saturated heterocycles.